The second kappa shape index (κ2) is 20.6. The van der Waals surface area contributed by atoms with Crippen molar-refractivity contribution in [3.63, 3.8) is 0 Å². The van der Waals surface area contributed by atoms with Gasteiger partial charge in [0.25, 0.3) is 0 Å². The van der Waals surface area contributed by atoms with Crippen LogP contribution >= 0.6 is 0 Å². The minimum atomic E-state index is 0.958. The molecule has 0 aliphatic heterocycles. The Balaban J connectivity index is 3.14. The van der Waals surface area contributed by atoms with E-state index in [-0.39, 0.29) is 0 Å². The van der Waals surface area contributed by atoms with E-state index in [1.54, 1.807) is 18.2 Å². The fourth-order valence-electron chi connectivity index (χ4n) is 2.98. The van der Waals surface area contributed by atoms with Crippen LogP contribution in [0.25, 0.3) is 12.2 Å². The first kappa shape index (κ1) is 30.3. The molecule has 0 saturated heterocycles. The third kappa shape index (κ3) is 14.3. The smallest absolute Gasteiger partial charge is 0.0183 e. The zero-order valence-electron chi connectivity index (χ0n) is 21.7. The fourth-order valence-corrected chi connectivity index (χ4v) is 2.98. The molecule has 0 aliphatic rings. The van der Waals surface area contributed by atoms with E-state index in [4.69, 9.17) is 5.41 Å². The van der Waals surface area contributed by atoms with Crippen molar-refractivity contribution in [2.75, 3.05) is 0 Å². The van der Waals surface area contributed by atoms with Crippen molar-refractivity contribution < 1.29 is 0 Å². The van der Waals surface area contributed by atoms with Gasteiger partial charge in [-0.1, -0.05) is 166 Å². The van der Waals surface area contributed by atoms with Crippen molar-refractivity contribution >= 4 is 18.4 Å². The molecule has 0 amide bonds. The summed E-state index contributed by atoms with van der Waals surface area (Å²) in [7, 11) is 0. The normalized spacial score (nSPS) is 14.1. The zero-order chi connectivity index (χ0) is 27.0. The molecule has 0 saturated carbocycles. The predicted molar refractivity (Wildman–Crippen MR) is 169 cm³/mol. The van der Waals surface area contributed by atoms with E-state index >= 15 is 0 Å². The summed E-state index contributed by atoms with van der Waals surface area (Å²) in [5, 5.41) is 7.56. The van der Waals surface area contributed by atoms with Crippen molar-refractivity contribution in [3.8, 4) is 0 Å². The van der Waals surface area contributed by atoms with Gasteiger partial charge in [0.15, 0.2) is 0 Å². The highest BCUT2D eigenvalue weighted by Crippen LogP contribution is 2.17. The Morgan fingerprint density at radius 3 is 1.92 bits per heavy atom. The minimum absolute atomic E-state index is 0.958. The average Bonchev–Trinajstić information content (AvgIpc) is 2.91. The molecule has 0 unspecified atom stereocenters. The van der Waals surface area contributed by atoms with E-state index in [2.05, 4.69) is 56.2 Å². The molecule has 1 aromatic rings. The lowest BCUT2D eigenvalue weighted by Gasteiger charge is -2.03. The number of benzene rings is 1. The first-order chi connectivity index (χ1) is 18.2. The average molecular weight is 484 g/mol. The van der Waals surface area contributed by atoms with Crippen LogP contribution in [0.2, 0.25) is 0 Å². The number of nitrogens with one attached hydrogen (secondary N) is 1. The largest absolute Gasteiger partial charge is 0.309 e. The first-order valence-corrected chi connectivity index (χ1v) is 12.1. The summed E-state index contributed by atoms with van der Waals surface area (Å²) in [6, 6.07) is 8.32. The van der Waals surface area contributed by atoms with Crippen LogP contribution in [-0.2, 0) is 0 Å². The van der Waals surface area contributed by atoms with E-state index in [0.717, 1.165) is 27.8 Å². The molecule has 186 valence electrons. The summed E-state index contributed by atoms with van der Waals surface area (Å²) >= 11 is 0. The van der Waals surface area contributed by atoms with Gasteiger partial charge in [0, 0.05) is 6.21 Å². The SMILES string of the molecule is C=C/C=C\C=Cc1cccc(\C=C/C(=C\C=C\C=C/C=C(C=C)/C=C/C=C\C=C)C(/C=C\C)=C/C=N)c1. The highest BCUT2D eigenvalue weighted by molar-refractivity contribution is 5.74. The summed E-state index contributed by atoms with van der Waals surface area (Å²) in [6.45, 7) is 13.2. The van der Waals surface area contributed by atoms with Crippen LogP contribution in [0.4, 0.5) is 0 Å². The third-order valence-corrected chi connectivity index (χ3v) is 4.74. The fraction of sp³-hybridized carbons (Fsp3) is 0.0278. The van der Waals surface area contributed by atoms with Crippen LogP contribution in [0.1, 0.15) is 18.1 Å². The van der Waals surface area contributed by atoms with Crippen molar-refractivity contribution in [2.24, 2.45) is 0 Å². The molecule has 0 fully saturated rings. The Kier molecular flexibility index (Phi) is 16.9. The van der Waals surface area contributed by atoms with Crippen molar-refractivity contribution in [2.45, 2.75) is 6.92 Å². The van der Waals surface area contributed by atoms with Crippen molar-refractivity contribution in [1.82, 2.24) is 0 Å². The maximum Gasteiger partial charge on any atom is 0.0183 e. The van der Waals surface area contributed by atoms with E-state index < -0.39 is 0 Å². The first-order valence-electron chi connectivity index (χ1n) is 12.1. The van der Waals surface area contributed by atoms with Gasteiger partial charge in [-0.3, -0.25) is 0 Å². The molecular formula is C36H37N. The van der Waals surface area contributed by atoms with Crippen LogP contribution in [0, 0.1) is 5.41 Å². The van der Waals surface area contributed by atoms with Gasteiger partial charge < -0.3 is 5.41 Å². The topological polar surface area (TPSA) is 23.9 Å². The van der Waals surface area contributed by atoms with E-state index in [1.165, 1.54) is 6.21 Å². The molecule has 1 heteroatoms. The minimum Gasteiger partial charge on any atom is -0.309 e. The maximum absolute atomic E-state index is 7.56. The van der Waals surface area contributed by atoms with E-state index in [9.17, 15) is 0 Å². The van der Waals surface area contributed by atoms with Gasteiger partial charge in [0.05, 0.1) is 0 Å². The molecule has 0 aromatic heterocycles. The maximum atomic E-state index is 7.56. The van der Waals surface area contributed by atoms with Crippen LogP contribution < -0.4 is 0 Å². The third-order valence-electron chi connectivity index (χ3n) is 4.74. The Hall–Kier alpha value is -4.75. The summed E-state index contributed by atoms with van der Waals surface area (Å²) in [5.41, 5.74) is 5.18. The van der Waals surface area contributed by atoms with Crippen molar-refractivity contribution in [1.29, 1.82) is 5.41 Å². The number of hydrogen-bond acceptors (Lipinski definition) is 1. The molecular weight excluding hydrogens is 446 g/mol. The van der Waals surface area contributed by atoms with Gasteiger partial charge in [0.1, 0.15) is 0 Å². The Morgan fingerprint density at radius 1 is 0.649 bits per heavy atom. The summed E-state index contributed by atoms with van der Waals surface area (Å²) in [4.78, 5) is 0. The summed E-state index contributed by atoms with van der Waals surface area (Å²) < 4.78 is 0. The molecule has 0 aliphatic carbocycles. The molecule has 0 spiro atoms. The second-order valence-electron chi connectivity index (χ2n) is 7.51. The monoisotopic (exact) mass is 483 g/mol. The molecule has 1 nitrogen and oxygen atoms in total. The number of allylic oxidation sites excluding steroid dienone is 23. The van der Waals surface area contributed by atoms with E-state index in [1.807, 2.05) is 110 Å². The Morgan fingerprint density at radius 2 is 1.27 bits per heavy atom. The van der Waals surface area contributed by atoms with Crippen LogP contribution in [0.3, 0.4) is 0 Å². The second-order valence-corrected chi connectivity index (χ2v) is 7.51. The molecule has 0 bridgehead atoms. The van der Waals surface area contributed by atoms with Gasteiger partial charge in [-0.05, 0) is 46.9 Å². The predicted octanol–water partition coefficient (Wildman–Crippen LogP) is 10.1. The molecule has 1 aromatic carbocycles. The molecule has 37 heavy (non-hydrogen) atoms. The summed E-state index contributed by atoms with van der Waals surface area (Å²) in [6.07, 6.45) is 44.1. The molecule has 0 radical (unpaired) electrons. The van der Waals surface area contributed by atoms with Gasteiger partial charge in [-0.15, -0.1) is 0 Å². The van der Waals surface area contributed by atoms with E-state index in [0.29, 0.717) is 0 Å². The number of hydrogen-bond donors (Lipinski definition) is 1. The number of rotatable bonds is 15. The highest BCUT2D eigenvalue weighted by Gasteiger charge is 1.97. The van der Waals surface area contributed by atoms with Gasteiger partial charge in [-0.25, -0.2) is 0 Å². The lowest BCUT2D eigenvalue weighted by Crippen LogP contribution is -1.85. The Bertz CT molecular complexity index is 1220. The zero-order valence-corrected chi connectivity index (χ0v) is 21.7. The van der Waals surface area contributed by atoms with Crippen LogP contribution in [-0.4, -0.2) is 6.21 Å². The van der Waals surface area contributed by atoms with Gasteiger partial charge in [-0.2, -0.15) is 0 Å². The molecule has 0 heterocycles. The van der Waals surface area contributed by atoms with Crippen molar-refractivity contribution in [3.05, 3.63) is 193 Å². The molecule has 1 rings (SSSR count). The lowest BCUT2D eigenvalue weighted by molar-refractivity contribution is 1.51. The van der Waals surface area contributed by atoms with Crippen LogP contribution in [0.15, 0.2) is 182 Å². The highest BCUT2D eigenvalue weighted by atomic mass is 14.3. The van der Waals surface area contributed by atoms with Gasteiger partial charge >= 0.3 is 0 Å². The lowest BCUT2D eigenvalue weighted by atomic mass is 10.0. The van der Waals surface area contributed by atoms with Gasteiger partial charge in [0.2, 0.25) is 0 Å². The Labute approximate surface area is 223 Å². The van der Waals surface area contributed by atoms with Crippen LogP contribution in [0.5, 0.6) is 0 Å². The standard InChI is InChI=1S/C36H37N/c1-5-9-11-15-21-32(8-4)22-17-13-14-18-26-36(35(20-7-3)29-30-37)28-27-34-25-19-24-33(31-34)23-16-12-10-6-2/h5-31,37H,1-2,4H2,3H3/b11-9-,12-10-,17-13-,18-14+,20-7-,21-15+,23-16?,28-27-,32-22+,35-29+,36-26+,37-30?. The molecule has 1 N–H and O–H groups in total. The summed E-state index contributed by atoms with van der Waals surface area (Å²) in [5.74, 6) is 0. The quantitative estimate of drug-likeness (QED) is 0.189. The molecule has 0 atom stereocenters.